The average molecular weight is 374 g/mol. The monoisotopic (exact) mass is 374 g/mol. The van der Waals surface area contributed by atoms with E-state index in [1.165, 1.54) is 25.5 Å². The van der Waals surface area contributed by atoms with Gasteiger partial charge in [0.25, 0.3) is 0 Å². The van der Waals surface area contributed by atoms with Gasteiger partial charge in [-0.1, -0.05) is 12.1 Å². The van der Waals surface area contributed by atoms with Gasteiger partial charge in [-0.25, -0.2) is 27.5 Å². The molecule has 6 nitrogen and oxygen atoms in total. The number of nitrogens with one attached hydrogen (secondary N) is 2. The number of hydrogen-bond donors (Lipinski definition) is 2. The van der Waals surface area contributed by atoms with Crippen LogP contribution in [0.4, 0.5) is 10.2 Å². The fourth-order valence-corrected chi connectivity index (χ4v) is 3.35. The van der Waals surface area contributed by atoms with Gasteiger partial charge in [0, 0.05) is 11.9 Å². The minimum Gasteiger partial charge on any atom is -0.369 e. The number of anilines is 1. The molecule has 3 aromatic rings. The highest BCUT2D eigenvalue weighted by Gasteiger charge is 2.10. The van der Waals surface area contributed by atoms with Crippen molar-refractivity contribution in [2.75, 3.05) is 18.9 Å². The van der Waals surface area contributed by atoms with E-state index >= 15 is 0 Å². The molecule has 0 saturated heterocycles. The first-order valence-electron chi connectivity index (χ1n) is 8.16. The Bertz CT molecular complexity index is 1010. The Morgan fingerprint density at radius 2 is 1.85 bits per heavy atom. The van der Waals surface area contributed by atoms with Crippen molar-refractivity contribution in [1.29, 1.82) is 0 Å². The highest BCUT2D eigenvalue weighted by molar-refractivity contribution is 7.89. The third-order valence-electron chi connectivity index (χ3n) is 4.03. The zero-order chi connectivity index (χ0) is 18.6. The van der Waals surface area contributed by atoms with Crippen LogP contribution in [-0.4, -0.2) is 32.0 Å². The van der Waals surface area contributed by atoms with Gasteiger partial charge in [0.2, 0.25) is 10.0 Å². The Morgan fingerprint density at radius 3 is 2.58 bits per heavy atom. The van der Waals surface area contributed by atoms with Crippen molar-refractivity contribution in [1.82, 2.24) is 14.7 Å². The van der Waals surface area contributed by atoms with Crippen molar-refractivity contribution >= 4 is 26.7 Å². The maximum absolute atomic E-state index is 13.4. The van der Waals surface area contributed by atoms with Gasteiger partial charge >= 0.3 is 0 Å². The van der Waals surface area contributed by atoms with Crippen LogP contribution in [0.3, 0.4) is 0 Å². The van der Waals surface area contributed by atoms with E-state index in [4.69, 9.17) is 0 Å². The van der Waals surface area contributed by atoms with E-state index < -0.39 is 10.0 Å². The van der Waals surface area contributed by atoms with Gasteiger partial charge in [0.15, 0.2) is 0 Å². The lowest BCUT2D eigenvalue weighted by molar-refractivity contribution is 0.588. The van der Waals surface area contributed by atoms with Crippen LogP contribution in [0.25, 0.3) is 10.9 Å². The standard InChI is InChI=1S/C18H19FN4O2S/c1-20-26(24,25)15-7-4-13(5-8-15)3-2-10-21-18-16-11-14(19)6-9-17(16)22-12-23-18/h4-9,11-12,20H,2-3,10H2,1H3,(H,21,22,23). The molecule has 0 aliphatic heterocycles. The smallest absolute Gasteiger partial charge is 0.240 e. The maximum atomic E-state index is 13.4. The molecule has 0 aliphatic carbocycles. The molecule has 1 heterocycles. The summed E-state index contributed by atoms with van der Waals surface area (Å²) in [5, 5.41) is 3.85. The molecule has 26 heavy (non-hydrogen) atoms. The zero-order valence-electron chi connectivity index (χ0n) is 14.2. The summed E-state index contributed by atoms with van der Waals surface area (Å²) in [5.74, 6) is 0.275. The summed E-state index contributed by atoms with van der Waals surface area (Å²) in [6.45, 7) is 0.652. The van der Waals surface area contributed by atoms with E-state index in [0.717, 1.165) is 18.4 Å². The van der Waals surface area contributed by atoms with Crippen molar-refractivity contribution in [3.8, 4) is 0 Å². The molecule has 0 bridgehead atoms. The van der Waals surface area contributed by atoms with E-state index in [2.05, 4.69) is 20.0 Å². The van der Waals surface area contributed by atoms with E-state index in [9.17, 15) is 12.8 Å². The summed E-state index contributed by atoms with van der Waals surface area (Å²) in [5.41, 5.74) is 1.73. The first kappa shape index (κ1) is 18.2. The zero-order valence-corrected chi connectivity index (χ0v) is 15.1. The van der Waals surface area contributed by atoms with Crippen LogP contribution in [0.15, 0.2) is 53.7 Å². The molecular formula is C18H19FN4O2S. The normalized spacial score (nSPS) is 11.6. The number of aromatic nitrogens is 2. The maximum Gasteiger partial charge on any atom is 0.240 e. The molecule has 1 aromatic heterocycles. The number of benzene rings is 2. The molecule has 8 heteroatoms. The SMILES string of the molecule is CNS(=O)(=O)c1ccc(CCCNc2ncnc3ccc(F)cc23)cc1. The van der Waals surface area contributed by atoms with Crippen molar-refractivity contribution < 1.29 is 12.8 Å². The van der Waals surface area contributed by atoms with Crippen LogP contribution < -0.4 is 10.0 Å². The molecule has 3 rings (SSSR count). The number of rotatable bonds is 7. The van der Waals surface area contributed by atoms with Gasteiger partial charge in [-0.05, 0) is 55.8 Å². The summed E-state index contributed by atoms with van der Waals surface area (Å²) < 4.78 is 39.1. The molecule has 0 atom stereocenters. The van der Waals surface area contributed by atoms with Crippen LogP contribution in [0.1, 0.15) is 12.0 Å². The summed E-state index contributed by atoms with van der Waals surface area (Å²) in [6.07, 6.45) is 3.05. The van der Waals surface area contributed by atoms with E-state index in [-0.39, 0.29) is 10.7 Å². The third kappa shape index (κ3) is 4.14. The van der Waals surface area contributed by atoms with Crippen molar-refractivity contribution in [2.24, 2.45) is 0 Å². The largest absolute Gasteiger partial charge is 0.369 e. The lowest BCUT2D eigenvalue weighted by Crippen LogP contribution is -2.18. The Labute approximate surface area is 151 Å². The summed E-state index contributed by atoms with van der Waals surface area (Å²) in [4.78, 5) is 8.55. The van der Waals surface area contributed by atoms with E-state index in [0.29, 0.717) is 23.3 Å². The van der Waals surface area contributed by atoms with Gasteiger partial charge in [0.1, 0.15) is 18.0 Å². The second-order valence-corrected chi connectivity index (χ2v) is 7.65. The van der Waals surface area contributed by atoms with Crippen LogP contribution in [0.5, 0.6) is 0 Å². The predicted octanol–water partition coefficient (Wildman–Crippen LogP) is 2.72. The number of halogens is 1. The first-order valence-corrected chi connectivity index (χ1v) is 9.64. The minimum atomic E-state index is -3.41. The topological polar surface area (TPSA) is 84.0 Å². The Balaban J connectivity index is 1.59. The molecule has 2 N–H and O–H groups in total. The lowest BCUT2D eigenvalue weighted by Gasteiger charge is -2.09. The Morgan fingerprint density at radius 1 is 1.08 bits per heavy atom. The van der Waals surface area contributed by atoms with Gasteiger partial charge in [0.05, 0.1) is 10.4 Å². The molecule has 2 aromatic carbocycles. The quantitative estimate of drug-likeness (QED) is 0.621. The summed E-state index contributed by atoms with van der Waals surface area (Å²) in [6, 6.07) is 11.2. The molecule has 0 aliphatic rings. The first-order chi connectivity index (χ1) is 12.5. The summed E-state index contributed by atoms with van der Waals surface area (Å²) in [7, 11) is -2.02. The molecule has 0 amide bonds. The second kappa shape index (κ2) is 7.76. The Hall–Kier alpha value is -2.58. The predicted molar refractivity (Wildman–Crippen MR) is 99.0 cm³/mol. The van der Waals surface area contributed by atoms with Gasteiger partial charge in [-0.15, -0.1) is 0 Å². The minimum absolute atomic E-state index is 0.247. The Kier molecular flexibility index (Phi) is 5.43. The van der Waals surface area contributed by atoms with Gasteiger partial charge in [-0.3, -0.25) is 0 Å². The number of aryl methyl sites for hydroxylation is 1. The molecule has 0 radical (unpaired) electrons. The molecule has 0 unspecified atom stereocenters. The van der Waals surface area contributed by atoms with E-state index in [1.807, 2.05) is 0 Å². The molecule has 0 saturated carbocycles. The van der Waals surface area contributed by atoms with Crippen LogP contribution in [-0.2, 0) is 16.4 Å². The molecule has 136 valence electrons. The molecule has 0 fully saturated rings. The fraction of sp³-hybridized carbons (Fsp3) is 0.222. The van der Waals surface area contributed by atoms with Crippen molar-refractivity contribution in [3.63, 3.8) is 0 Å². The lowest BCUT2D eigenvalue weighted by atomic mass is 10.1. The van der Waals surface area contributed by atoms with Crippen LogP contribution >= 0.6 is 0 Å². The highest BCUT2D eigenvalue weighted by atomic mass is 32.2. The number of sulfonamides is 1. The number of fused-ring (bicyclic) bond motifs is 1. The van der Waals surface area contributed by atoms with Gasteiger partial charge in [-0.2, -0.15) is 0 Å². The molecule has 0 spiro atoms. The van der Waals surface area contributed by atoms with Crippen molar-refractivity contribution in [3.05, 3.63) is 60.2 Å². The van der Waals surface area contributed by atoms with E-state index in [1.54, 1.807) is 30.3 Å². The highest BCUT2D eigenvalue weighted by Crippen LogP contribution is 2.20. The van der Waals surface area contributed by atoms with Crippen LogP contribution in [0, 0.1) is 5.82 Å². The fourth-order valence-electron chi connectivity index (χ4n) is 2.62. The second-order valence-electron chi connectivity index (χ2n) is 5.77. The van der Waals surface area contributed by atoms with Crippen LogP contribution in [0.2, 0.25) is 0 Å². The molecular weight excluding hydrogens is 355 g/mol. The summed E-state index contributed by atoms with van der Waals surface area (Å²) >= 11 is 0. The average Bonchev–Trinajstić information content (AvgIpc) is 2.65. The number of nitrogens with zero attached hydrogens (tertiary/aromatic N) is 2. The van der Waals surface area contributed by atoms with Gasteiger partial charge < -0.3 is 5.32 Å². The number of hydrogen-bond acceptors (Lipinski definition) is 5. The third-order valence-corrected chi connectivity index (χ3v) is 5.46. The van der Waals surface area contributed by atoms with Crippen molar-refractivity contribution in [2.45, 2.75) is 17.7 Å².